The van der Waals surface area contributed by atoms with Crippen LogP contribution in [0.3, 0.4) is 0 Å². The van der Waals surface area contributed by atoms with E-state index in [9.17, 15) is 10.5 Å². The minimum absolute atomic E-state index is 0.546. The number of para-hydroxylation sites is 4. The Labute approximate surface area is 288 Å². The van der Waals surface area contributed by atoms with Gasteiger partial charge >= 0.3 is 0 Å². The molecular formula is C45H25N5. The summed E-state index contributed by atoms with van der Waals surface area (Å²) in [5, 5.41) is 24.2. The molecule has 0 spiro atoms. The minimum Gasteiger partial charge on any atom is -0.309 e. The molecule has 0 fully saturated rings. The van der Waals surface area contributed by atoms with E-state index < -0.39 is 0 Å². The number of hydrogen-bond donors (Lipinski definition) is 0. The minimum atomic E-state index is 0.546. The molecule has 0 N–H and O–H groups in total. The molecule has 50 heavy (non-hydrogen) atoms. The van der Waals surface area contributed by atoms with Gasteiger partial charge in [-0.05, 0) is 76.9 Å². The van der Waals surface area contributed by atoms with Gasteiger partial charge in [0.1, 0.15) is 6.07 Å². The third kappa shape index (κ3) is 4.31. The summed E-state index contributed by atoms with van der Waals surface area (Å²) in [6.45, 7) is 8.14. The lowest BCUT2D eigenvalue weighted by Gasteiger charge is -2.17. The highest BCUT2D eigenvalue weighted by Gasteiger charge is 2.19. The maximum Gasteiger partial charge on any atom is 0.195 e. The van der Waals surface area contributed by atoms with E-state index in [1.165, 1.54) is 0 Å². The lowest BCUT2D eigenvalue weighted by Crippen LogP contribution is -1.99. The molecule has 0 bridgehead atoms. The highest BCUT2D eigenvalue weighted by atomic mass is 15.0. The molecule has 2 aromatic heterocycles. The first-order valence-corrected chi connectivity index (χ1v) is 16.3. The molecule has 0 aliphatic carbocycles. The molecule has 0 saturated heterocycles. The van der Waals surface area contributed by atoms with Crippen molar-refractivity contribution < 1.29 is 0 Å². The molecule has 0 radical (unpaired) electrons. The fourth-order valence-electron chi connectivity index (χ4n) is 7.40. The van der Waals surface area contributed by atoms with E-state index in [2.05, 4.69) is 86.8 Å². The van der Waals surface area contributed by atoms with Crippen LogP contribution in [0.1, 0.15) is 11.1 Å². The van der Waals surface area contributed by atoms with E-state index in [0.29, 0.717) is 16.8 Å². The Morgan fingerprint density at radius 1 is 0.460 bits per heavy atom. The molecule has 0 aliphatic rings. The van der Waals surface area contributed by atoms with E-state index in [1.54, 1.807) is 0 Å². The highest BCUT2D eigenvalue weighted by Crippen LogP contribution is 2.42. The van der Waals surface area contributed by atoms with Gasteiger partial charge in [-0.25, -0.2) is 4.85 Å². The van der Waals surface area contributed by atoms with Crippen LogP contribution < -0.4 is 0 Å². The molecule has 0 unspecified atom stereocenters. The predicted octanol–water partition coefficient (Wildman–Crippen LogP) is 11.5. The van der Waals surface area contributed by atoms with Crippen LogP contribution in [-0.4, -0.2) is 9.13 Å². The monoisotopic (exact) mass is 635 g/mol. The molecular weight excluding hydrogens is 611 g/mol. The number of nitriles is 2. The van der Waals surface area contributed by atoms with Gasteiger partial charge < -0.3 is 9.13 Å². The number of fused-ring (bicyclic) bond motifs is 6. The molecule has 9 aromatic rings. The standard InChI is InChI=1S/C45H25N5/c1-48-39-22-21-30(31-19-20-32(28-47)45(26-31)50-40-14-6-2-10-33(40)34-11-3-7-15-41(34)50)25-37(39)35-12-4-8-16-42(35)49-43-17-9-5-13-36(43)38-24-29(27-46)18-23-44(38)49/h2-26H. The van der Waals surface area contributed by atoms with Crippen molar-refractivity contribution in [1.82, 2.24) is 9.13 Å². The van der Waals surface area contributed by atoms with Gasteiger partial charge in [0.25, 0.3) is 0 Å². The third-order valence-corrected chi connectivity index (χ3v) is 9.63. The third-order valence-electron chi connectivity index (χ3n) is 9.63. The quantitative estimate of drug-likeness (QED) is 0.181. The maximum absolute atomic E-state index is 10.3. The molecule has 5 nitrogen and oxygen atoms in total. The van der Waals surface area contributed by atoms with Crippen molar-refractivity contribution in [1.29, 1.82) is 10.5 Å². The van der Waals surface area contributed by atoms with E-state index in [0.717, 1.165) is 77.2 Å². The average Bonchev–Trinajstić information content (AvgIpc) is 3.70. The van der Waals surface area contributed by atoms with Crippen LogP contribution in [0.4, 0.5) is 5.69 Å². The van der Waals surface area contributed by atoms with Crippen molar-refractivity contribution in [3.8, 4) is 45.8 Å². The number of aromatic nitrogens is 2. The van der Waals surface area contributed by atoms with Crippen molar-refractivity contribution in [3.63, 3.8) is 0 Å². The van der Waals surface area contributed by atoms with Crippen LogP contribution in [0.2, 0.25) is 0 Å². The van der Waals surface area contributed by atoms with E-state index in [-0.39, 0.29) is 0 Å². The summed E-state index contributed by atoms with van der Waals surface area (Å²) in [6, 6.07) is 55.4. The molecule has 0 saturated carbocycles. The smallest absolute Gasteiger partial charge is 0.195 e. The van der Waals surface area contributed by atoms with Gasteiger partial charge in [0, 0.05) is 21.5 Å². The molecule has 9 rings (SSSR count). The van der Waals surface area contributed by atoms with Gasteiger partial charge in [0.2, 0.25) is 0 Å². The average molecular weight is 636 g/mol. The largest absolute Gasteiger partial charge is 0.309 e. The second-order valence-electron chi connectivity index (χ2n) is 12.3. The lowest BCUT2D eigenvalue weighted by molar-refractivity contribution is 1.17. The van der Waals surface area contributed by atoms with Crippen molar-refractivity contribution in [2.45, 2.75) is 0 Å². The topological polar surface area (TPSA) is 61.8 Å². The van der Waals surface area contributed by atoms with Crippen LogP contribution in [0.5, 0.6) is 0 Å². The van der Waals surface area contributed by atoms with Crippen LogP contribution in [0, 0.1) is 29.2 Å². The first kappa shape index (κ1) is 28.8. The van der Waals surface area contributed by atoms with Gasteiger partial charge in [-0.1, -0.05) is 97.1 Å². The number of nitrogens with zero attached hydrogens (tertiary/aromatic N) is 5. The normalized spacial score (nSPS) is 11.1. The zero-order chi connectivity index (χ0) is 33.8. The van der Waals surface area contributed by atoms with Gasteiger partial charge in [0.05, 0.1) is 57.2 Å². The first-order chi connectivity index (χ1) is 24.7. The molecule has 5 heteroatoms. The van der Waals surface area contributed by atoms with Crippen molar-refractivity contribution in [3.05, 3.63) is 174 Å². The Kier molecular flexibility index (Phi) is 6.56. The number of hydrogen-bond acceptors (Lipinski definition) is 2. The summed E-state index contributed by atoms with van der Waals surface area (Å²) in [7, 11) is 0. The predicted molar refractivity (Wildman–Crippen MR) is 202 cm³/mol. The Morgan fingerprint density at radius 3 is 1.68 bits per heavy atom. The summed E-state index contributed by atoms with van der Waals surface area (Å²) in [6.07, 6.45) is 0. The fraction of sp³-hybridized carbons (Fsp3) is 0. The lowest BCUT2D eigenvalue weighted by atomic mass is 9.95. The first-order valence-electron chi connectivity index (χ1n) is 16.3. The summed E-state index contributed by atoms with van der Waals surface area (Å²) >= 11 is 0. The fourth-order valence-corrected chi connectivity index (χ4v) is 7.40. The van der Waals surface area contributed by atoms with Crippen LogP contribution in [-0.2, 0) is 0 Å². The van der Waals surface area contributed by atoms with Gasteiger partial charge in [-0.3, -0.25) is 0 Å². The Morgan fingerprint density at radius 2 is 1.02 bits per heavy atom. The number of rotatable bonds is 4. The summed E-state index contributed by atoms with van der Waals surface area (Å²) < 4.78 is 4.40. The zero-order valence-corrected chi connectivity index (χ0v) is 26.7. The second kappa shape index (κ2) is 11.4. The Hall–Kier alpha value is -7.39. The zero-order valence-electron chi connectivity index (χ0n) is 26.7. The number of benzene rings is 7. The summed E-state index contributed by atoms with van der Waals surface area (Å²) in [5.74, 6) is 0. The van der Waals surface area contributed by atoms with E-state index in [4.69, 9.17) is 6.57 Å². The second-order valence-corrected chi connectivity index (χ2v) is 12.3. The van der Waals surface area contributed by atoms with Gasteiger partial charge in [-0.15, -0.1) is 0 Å². The molecule has 2 heterocycles. The Bertz CT molecular complexity index is 2920. The Balaban J connectivity index is 1.26. The van der Waals surface area contributed by atoms with Crippen LogP contribution in [0.25, 0.3) is 82.1 Å². The van der Waals surface area contributed by atoms with Gasteiger partial charge in [-0.2, -0.15) is 10.5 Å². The summed E-state index contributed by atoms with van der Waals surface area (Å²) in [5.41, 5.74) is 11.2. The maximum atomic E-state index is 10.3. The van der Waals surface area contributed by atoms with E-state index in [1.807, 2.05) is 91.0 Å². The van der Waals surface area contributed by atoms with Gasteiger partial charge in [0.15, 0.2) is 5.69 Å². The molecule has 7 aromatic carbocycles. The van der Waals surface area contributed by atoms with Crippen molar-refractivity contribution in [2.24, 2.45) is 0 Å². The molecule has 0 amide bonds. The van der Waals surface area contributed by atoms with Crippen LogP contribution in [0.15, 0.2) is 152 Å². The van der Waals surface area contributed by atoms with Crippen molar-refractivity contribution >= 4 is 49.3 Å². The highest BCUT2D eigenvalue weighted by molar-refractivity contribution is 6.11. The molecule has 0 aliphatic heterocycles. The van der Waals surface area contributed by atoms with Crippen LogP contribution >= 0.6 is 0 Å². The van der Waals surface area contributed by atoms with Crippen molar-refractivity contribution in [2.75, 3.05) is 0 Å². The molecule has 0 atom stereocenters. The molecule has 230 valence electrons. The SMILES string of the molecule is [C-]#[N+]c1ccc(-c2ccc(C#N)c(-n3c4ccccc4c4ccccc43)c2)cc1-c1ccccc1-n1c2ccccc2c2cc(C#N)ccc21. The van der Waals surface area contributed by atoms with E-state index >= 15 is 0 Å². The summed E-state index contributed by atoms with van der Waals surface area (Å²) in [4.78, 5) is 3.96.